The Bertz CT molecular complexity index is 368. The number of hydrogen-bond donors (Lipinski definition) is 1. The molecule has 0 amide bonds. The molecule has 96 valence electrons. The van der Waals surface area contributed by atoms with Crippen LogP contribution in [0.5, 0.6) is 0 Å². The van der Waals surface area contributed by atoms with Crippen LogP contribution in [0.1, 0.15) is 25.5 Å². The lowest BCUT2D eigenvalue weighted by molar-refractivity contribution is 0.117. The lowest BCUT2D eigenvalue weighted by atomic mass is 10.1. The van der Waals surface area contributed by atoms with Gasteiger partial charge in [-0.2, -0.15) is 0 Å². The van der Waals surface area contributed by atoms with Crippen LogP contribution in [0, 0.1) is 17.6 Å². The first-order valence-electron chi connectivity index (χ1n) is 5.71. The first kappa shape index (κ1) is 14.1. The predicted molar refractivity (Wildman–Crippen MR) is 63.7 cm³/mol. The number of likely N-dealkylation sites (N-methyl/N-ethyl adjacent to an activating group) is 1. The molecule has 0 aliphatic heterocycles. The first-order chi connectivity index (χ1) is 7.90. The average molecular weight is 243 g/mol. The molecule has 0 fully saturated rings. The highest BCUT2D eigenvalue weighted by molar-refractivity contribution is 5.21. The Morgan fingerprint density at radius 2 is 1.88 bits per heavy atom. The lowest BCUT2D eigenvalue weighted by Crippen LogP contribution is -2.28. The Labute approximate surface area is 101 Å². The van der Waals surface area contributed by atoms with E-state index in [-0.39, 0.29) is 5.56 Å². The van der Waals surface area contributed by atoms with Crippen LogP contribution in [-0.4, -0.2) is 30.1 Å². The van der Waals surface area contributed by atoms with E-state index in [0.29, 0.717) is 12.5 Å². The maximum atomic E-state index is 13.4. The molecule has 0 radical (unpaired) electrons. The quantitative estimate of drug-likeness (QED) is 0.859. The van der Waals surface area contributed by atoms with Gasteiger partial charge < -0.3 is 10.0 Å². The van der Waals surface area contributed by atoms with Crippen molar-refractivity contribution in [3.8, 4) is 0 Å². The van der Waals surface area contributed by atoms with Crippen molar-refractivity contribution in [2.75, 3.05) is 20.1 Å². The van der Waals surface area contributed by atoms with E-state index in [2.05, 4.69) is 13.8 Å². The second-order valence-corrected chi connectivity index (χ2v) is 4.80. The summed E-state index contributed by atoms with van der Waals surface area (Å²) in [6, 6.07) is 3.13. The topological polar surface area (TPSA) is 23.5 Å². The third kappa shape index (κ3) is 4.40. The third-order valence-corrected chi connectivity index (χ3v) is 2.48. The Balaban J connectivity index is 2.69. The summed E-state index contributed by atoms with van der Waals surface area (Å²) in [6.07, 6.45) is -1.01. The zero-order valence-electron chi connectivity index (χ0n) is 10.5. The molecule has 4 heteroatoms. The van der Waals surface area contributed by atoms with E-state index < -0.39 is 17.7 Å². The van der Waals surface area contributed by atoms with Gasteiger partial charge in [-0.15, -0.1) is 0 Å². The van der Waals surface area contributed by atoms with Crippen molar-refractivity contribution in [2.45, 2.75) is 20.0 Å². The molecule has 0 spiro atoms. The minimum atomic E-state index is -1.01. The first-order valence-corrected chi connectivity index (χ1v) is 5.71. The van der Waals surface area contributed by atoms with E-state index in [1.807, 2.05) is 11.9 Å². The molecule has 0 saturated carbocycles. The Kier molecular flexibility index (Phi) is 5.02. The second-order valence-electron chi connectivity index (χ2n) is 4.80. The van der Waals surface area contributed by atoms with E-state index in [1.165, 1.54) is 0 Å². The van der Waals surface area contributed by atoms with Gasteiger partial charge >= 0.3 is 0 Å². The summed E-state index contributed by atoms with van der Waals surface area (Å²) in [5.74, 6) is -0.645. The zero-order valence-corrected chi connectivity index (χ0v) is 10.5. The molecular weight excluding hydrogens is 224 g/mol. The Morgan fingerprint density at radius 3 is 2.47 bits per heavy atom. The fourth-order valence-corrected chi connectivity index (χ4v) is 1.86. The van der Waals surface area contributed by atoms with Crippen LogP contribution >= 0.6 is 0 Å². The number of aliphatic hydroxyl groups is 1. The third-order valence-electron chi connectivity index (χ3n) is 2.48. The number of hydrogen-bond acceptors (Lipinski definition) is 2. The van der Waals surface area contributed by atoms with Gasteiger partial charge in [0.15, 0.2) is 0 Å². The normalized spacial score (nSPS) is 13.4. The number of benzene rings is 1. The predicted octanol–water partition coefficient (Wildman–Crippen LogP) is 2.59. The van der Waals surface area contributed by atoms with Crippen molar-refractivity contribution in [1.29, 1.82) is 0 Å². The minimum Gasteiger partial charge on any atom is -0.387 e. The summed E-state index contributed by atoms with van der Waals surface area (Å²) in [7, 11) is 1.85. The fourth-order valence-electron chi connectivity index (χ4n) is 1.86. The molecule has 2 nitrogen and oxygen atoms in total. The maximum absolute atomic E-state index is 13.4. The summed E-state index contributed by atoms with van der Waals surface area (Å²) >= 11 is 0. The van der Waals surface area contributed by atoms with E-state index >= 15 is 0 Å². The highest BCUT2D eigenvalue weighted by Gasteiger charge is 2.16. The van der Waals surface area contributed by atoms with Gasteiger partial charge in [0.2, 0.25) is 0 Å². The molecule has 0 aromatic heterocycles. The SMILES string of the molecule is CC(C)CN(C)CC(O)c1cc(F)ccc1F. The van der Waals surface area contributed by atoms with Crippen molar-refractivity contribution in [3.63, 3.8) is 0 Å². The molecule has 1 N–H and O–H groups in total. The molecule has 0 heterocycles. The summed E-state index contributed by atoms with van der Waals surface area (Å²) in [4.78, 5) is 1.90. The van der Waals surface area contributed by atoms with Crippen molar-refractivity contribution in [1.82, 2.24) is 4.90 Å². The highest BCUT2D eigenvalue weighted by Crippen LogP contribution is 2.19. The van der Waals surface area contributed by atoms with Crippen molar-refractivity contribution >= 4 is 0 Å². The minimum absolute atomic E-state index is 0.0145. The Morgan fingerprint density at radius 1 is 1.24 bits per heavy atom. The number of aliphatic hydroxyl groups excluding tert-OH is 1. The molecule has 0 aliphatic carbocycles. The molecule has 1 aromatic rings. The van der Waals surface area contributed by atoms with Gasteiger partial charge in [-0.3, -0.25) is 0 Å². The molecule has 0 aliphatic rings. The summed E-state index contributed by atoms with van der Waals surface area (Å²) < 4.78 is 26.4. The molecular formula is C13H19F2NO. The van der Waals surface area contributed by atoms with E-state index in [4.69, 9.17) is 0 Å². The fraction of sp³-hybridized carbons (Fsp3) is 0.538. The van der Waals surface area contributed by atoms with Gasteiger partial charge in [-0.1, -0.05) is 13.8 Å². The number of nitrogens with zero attached hydrogens (tertiary/aromatic N) is 1. The molecule has 17 heavy (non-hydrogen) atoms. The van der Waals surface area contributed by atoms with Gasteiger partial charge in [-0.05, 0) is 31.2 Å². The lowest BCUT2D eigenvalue weighted by Gasteiger charge is -2.22. The van der Waals surface area contributed by atoms with Crippen LogP contribution in [0.4, 0.5) is 8.78 Å². The standard InChI is InChI=1S/C13H19F2NO/c1-9(2)7-16(3)8-13(17)11-6-10(14)4-5-12(11)15/h4-6,9,13,17H,7-8H2,1-3H3. The Hall–Kier alpha value is -1.00. The van der Waals surface area contributed by atoms with Gasteiger partial charge in [-0.25, -0.2) is 8.78 Å². The molecule has 0 saturated heterocycles. The van der Waals surface area contributed by atoms with Crippen molar-refractivity contribution in [2.24, 2.45) is 5.92 Å². The van der Waals surface area contributed by atoms with E-state index in [0.717, 1.165) is 24.7 Å². The molecule has 1 aromatic carbocycles. The highest BCUT2D eigenvalue weighted by atomic mass is 19.1. The number of halogens is 2. The summed E-state index contributed by atoms with van der Waals surface area (Å²) in [5.41, 5.74) is 0.0145. The van der Waals surface area contributed by atoms with Crippen LogP contribution < -0.4 is 0 Å². The molecule has 1 atom stereocenters. The van der Waals surface area contributed by atoms with Crippen molar-refractivity contribution in [3.05, 3.63) is 35.4 Å². The van der Waals surface area contributed by atoms with Crippen LogP contribution in [-0.2, 0) is 0 Å². The van der Waals surface area contributed by atoms with Crippen LogP contribution in [0.25, 0.3) is 0 Å². The molecule has 0 bridgehead atoms. The molecule has 1 unspecified atom stereocenters. The van der Waals surface area contributed by atoms with Crippen LogP contribution in [0.2, 0.25) is 0 Å². The van der Waals surface area contributed by atoms with Crippen molar-refractivity contribution < 1.29 is 13.9 Å². The smallest absolute Gasteiger partial charge is 0.129 e. The molecule has 1 rings (SSSR count). The largest absolute Gasteiger partial charge is 0.387 e. The monoisotopic (exact) mass is 243 g/mol. The van der Waals surface area contributed by atoms with E-state index in [1.54, 1.807) is 0 Å². The van der Waals surface area contributed by atoms with Gasteiger partial charge in [0, 0.05) is 18.7 Å². The summed E-state index contributed by atoms with van der Waals surface area (Å²) in [6.45, 7) is 5.21. The average Bonchev–Trinajstić information content (AvgIpc) is 2.20. The maximum Gasteiger partial charge on any atom is 0.129 e. The second kappa shape index (κ2) is 6.07. The van der Waals surface area contributed by atoms with E-state index in [9.17, 15) is 13.9 Å². The van der Waals surface area contributed by atoms with Crippen LogP contribution in [0.15, 0.2) is 18.2 Å². The number of rotatable bonds is 5. The zero-order chi connectivity index (χ0) is 13.0. The summed E-state index contributed by atoms with van der Waals surface area (Å²) in [5, 5.41) is 9.86. The van der Waals surface area contributed by atoms with Crippen LogP contribution in [0.3, 0.4) is 0 Å². The van der Waals surface area contributed by atoms with Gasteiger partial charge in [0.1, 0.15) is 11.6 Å². The van der Waals surface area contributed by atoms with Gasteiger partial charge in [0.25, 0.3) is 0 Å². The van der Waals surface area contributed by atoms with Gasteiger partial charge in [0.05, 0.1) is 6.10 Å².